The molecule has 0 unspecified atom stereocenters. The average Bonchev–Trinajstić information content (AvgIpc) is 3.30. The van der Waals surface area contributed by atoms with Gasteiger partial charge in [-0.1, -0.05) is 77.9 Å². The van der Waals surface area contributed by atoms with Crippen molar-refractivity contribution in [2.24, 2.45) is 5.11 Å². The zero-order valence-corrected chi connectivity index (χ0v) is 32.6. The SMILES string of the molecule is [N-]=[N+]=NCCCO[C@@H]1O[C@H](COC(=O)c2ccccc2)[C@@H](O[C@@H]2O[C@H](C(=O)O)[C@@H](O)[C@H](O)[C@H]2OC(=O)c2ccccc2)[C@H](OC(=O)c2ccccc2)[C@H]1OC(=O)c1ccccc1. The number of aliphatic hydroxyl groups is 2. The summed E-state index contributed by atoms with van der Waals surface area (Å²) in [4.78, 5) is 69.5. The summed E-state index contributed by atoms with van der Waals surface area (Å²) in [5.74, 6) is -5.52. The third-order valence-corrected chi connectivity index (χ3v) is 9.57. The van der Waals surface area contributed by atoms with Crippen LogP contribution in [0.5, 0.6) is 0 Å². The van der Waals surface area contributed by atoms with Gasteiger partial charge in [0.05, 0.1) is 28.9 Å². The lowest BCUT2D eigenvalue weighted by Gasteiger charge is -2.47. The van der Waals surface area contributed by atoms with Crippen molar-refractivity contribution in [1.82, 2.24) is 0 Å². The van der Waals surface area contributed by atoms with Crippen LogP contribution in [0.4, 0.5) is 0 Å². The Bertz CT molecular complexity index is 2180. The van der Waals surface area contributed by atoms with Gasteiger partial charge in [-0.05, 0) is 60.5 Å². The Hall–Kier alpha value is -6.70. The van der Waals surface area contributed by atoms with Crippen LogP contribution in [-0.2, 0) is 42.7 Å². The van der Waals surface area contributed by atoms with Gasteiger partial charge in [-0.2, -0.15) is 0 Å². The molecule has 62 heavy (non-hydrogen) atoms. The van der Waals surface area contributed by atoms with Gasteiger partial charge in [0.2, 0.25) is 0 Å². The van der Waals surface area contributed by atoms with E-state index in [0.29, 0.717) is 0 Å². The Balaban J connectivity index is 1.44. The molecule has 0 spiro atoms. The lowest BCUT2D eigenvalue weighted by atomic mass is 9.96. The lowest BCUT2D eigenvalue weighted by Crippen LogP contribution is -2.67. The number of rotatable bonds is 17. The monoisotopic (exact) mass is 855 g/mol. The number of carboxylic acid groups (broad SMARTS) is 1. The molecule has 0 aliphatic carbocycles. The molecule has 0 bridgehead atoms. The molecule has 0 radical (unpaired) electrons. The second-order valence-corrected chi connectivity index (χ2v) is 13.7. The van der Waals surface area contributed by atoms with Crippen molar-refractivity contribution in [3.8, 4) is 0 Å². The Labute approximate surface area is 353 Å². The van der Waals surface area contributed by atoms with E-state index in [9.17, 15) is 39.3 Å². The summed E-state index contributed by atoms with van der Waals surface area (Å²) in [5, 5.41) is 35.7. The number of benzene rings is 4. The summed E-state index contributed by atoms with van der Waals surface area (Å²) in [6.45, 7) is -0.864. The summed E-state index contributed by atoms with van der Waals surface area (Å²) in [6.07, 6.45) is -18.9. The molecule has 0 amide bonds. The van der Waals surface area contributed by atoms with Crippen molar-refractivity contribution in [1.29, 1.82) is 0 Å². The lowest BCUT2D eigenvalue weighted by molar-refractivity contribution is -0.353. The Morgan fingerprint density at radius 2 is 1.06 bits per heavy atom. The highest BCUT2D eigenvalue weighted by molar-refractivity contribution is 5.91. The van der Waals surface area contributed by atoms with E-state index in [-0.39, 0.29) is 41.8 Å². The van der Waals surface area contributed by atoms with E-state index in [0.717, 1.165) is 0 Å². The van der Waals surface area contributed by atoms with Gasteiger partial charge in [0, 0.05) is 11.5 Å². The first-order valence-electron chi connectivity index (χ1n) is 19.2. The van der Waals surface area contributed by atoms with E-state index in [4.69, 9.17) is 43.4 Å². The minimum absolute atomic E-state index is 0.00278. The third kappa shape index (κ3) is 11.4. The normalized spacial score (nSPS) is 25.6. The Morgan fingerprint density at radius 3 is 1.55 bits per heavy atom. The minimum Gasteiger partial charge on any atom is -0.479 e. The van der Waals surface area contributed by atoms with Gasteiger partial charge in [-0.3, -0.25) is 0 Å². The smallest absolute Gasteiger partial charge is 0.338 e. The minimum atomic E-state index is -2.16. The van der Waals surface area contributed by atoms with Crippen LogP contribution in [0.3, 0.4) is 0 Å². The van der Waals surface area contributed by atoms with E-state index in [2.05, 4.69) is 10.0 Å². The van der Waals surface area contributed by atoms with Crippen molar-refractivity contribution >= 4 is 29.8 Å². The number of ether oxygens (including phenoxy) is 8. The van der Waals surface area contributed by atoms with E-state index in [1.807, 2.05) is 0 Å². The van der Waals surface area contributed by atoms with Crippen molar-refractivity contribution in [2.75, 3.05) is 19.8 Å². The molecule has 6 rings (SSSR count). The maximum Gasteiger partial charge on any atom is 0.338 e. The highest BCUT2D eigenvalue weighted by Crippen LogP contribution is 2.35. The van der Waals surface area contributed by atoms with Crippen molar-refractivity contribution in [3.05, 3.63) is 154 Å². The molecule has 19 nitrogen and oxygen atoms in total. The second kappa shape index (κ2) is 21.7. The predicted molar refractivity (Wildman–Crippen MR) is 210 cm³/mol. The molecular formula is C43H41N3O16. The molecule has 324 valence electrons. The molecule has 0 aromatic heterocycles. The van der Waals surface area contributed by atoms with Crippen LogP contribution in [-0.4, -0.2) is 126 Å². The van der Waals surface area contributed by atoms with Crippen LogP contribution >= 0.6 is 0 Å². The molecule has 3 N–H and O–H groups in total. The number of carbonyl (C=O) groups excluding carboxylic acids is 4. The first kappa shape index (κ1) is 44.8. The summed E-state index contributed by atoms with van der Waals surface area (Å²) in [5.41, 5.74) is 9.02. The van der Waals surface area contributed by atoms with Gasteiger partial charge in [0.25, 0.3) is 0 Å². The summed E-state index contributed by atoms with van der Waals surface area (Å²) in [7, 11) is 0. The van der Waals surface area contributed by atoms with E-state index < -0.39 is 97.9 Å². The van der Waals surface area contributed by atoms with Crippen LogP contribution in [0.25, 0.3) is 10.4 Å². The number of aliphatic carboxylic acids is 1. The first-order chi connectivity index (χ1) is 30.0. The van der Waals surface area contributed by atoms with Gasteiger partial charge in [-0.25, -0.2) is 24.0 Å². The zero-order chi connectivity index (χ0) is 44.0. The summed E-state index contributed by atoms with van der Waals surface area (Å²) < 4.78 is 47.7. The molecule has 4 aromatic rings. The Kier molecular flexibility index (Phi) is 15.7. The van der Waals surface area contributed by atoms with Crippen molar-refractivity contribution in [2.45, 2.75) is 67.8 Å². The number of aliphatic hydroxyl groups excluding tert-OH is 2. The van der Waals surface area contributed by atoms with Gasteiger partial charge in [0.1, 0.15) is 31.0 Å². The van der Waals surface area contributed by atoms with Crippen LogP contribution in [0.15, 0.2) is 126 Å². The van der Waals surface area contributed by atoms with Gasteiger partial charge in [-0.15, -0.1) is 0 Å². The fourth-order valence-electron chi connectivity index (χ4n) is 6.49. The number of nitrogens with zero attached hydrogens (tertiary/aromatic N) is 3. The zero-order valence-electron chi connectivity index (χ0n) is 32.6. The predicted octanol–water partition coefficient (Wildman–Crippen LogP) is 3.88. The van der Waals surface area contributed by atoms with E-state index in [1.165, 1.54) is 60.7 Å². The third-order valence-electron chi connectivity index (χ3n) is 9.57. The van der Waals surface area contributed by atoms with Crippen LogP contribution in [0.1, 0.15) is 47.9 Å². The second-order valence-electron chi connectivity index (χ2n) is 13.7. The molecule has 10 atom stereocenters. The molecule has 2 aliphatic rings. The number of hydrogen-bond donors (Lipinski definition) is 3. The highest BCUT2D eigenvalue weighted by atomic mass is 16.8. The summed E-state index contributed by atoms with van der Waals surface area (Å²) >= 11 is 0. The van der Waals surface area contributed by atoms with Crippen LogP contribution < -0.4 is 0 Å². The van der Waals surface area contributed by atoms with Gasteiger partial charge in [0.15, 0.2) is 37.0 Å². The number of hydrogen-bond acceptors (Lipinski definition) is 16. The fraction of sp³-hybridized carbons (Fsp3) is 0.326. The molecule has 2 heterocycles. The quantitative estimate of drug-likeness (QED) is 0.0340. The Morgan fingerprint density at radius 1 is 0.597 bits per heavy atom. The van der Waals surface area contributed by atoms with Crippen molar-refractivity contribution in [3.63, 3.8) is 0 Å². The van der Waals surface area contributed by atoms with Crippen LogP contribution in [0, 0.1) is 0 Å². The molecule has 19 heteroatoms. The number of azide groups is 1. The molecule has 2 saturated heterocycles. The highest BCUT2D eigenvalue weighted by Gasteiger charge is 2.57. The maximum absolute atomic E-state index is 14.0. The number of esters is 4. The summed E-state index contributed by atoms with van der Waals surface area (Å²) in [6, 6.07) is 30.7. The number of carbonyl (C=O) groups is 5. The standard InChI is InChI=1S/C43H41N3O16/c44-46-45-22-13-23-55-42-36(60-41(54)28-20-11-4-12-21-28)35(59-40(53)27-18-9-3-10-19-27)32(29(57-42)24-56-38(51)25-14-5-1-6-15-25)61-43-34(31(48)30(47)33(62-43)37(49)50)58-39(52)26-16-7-2-8-17-26/h1-12,14-21,29-36,42-43,47-48H,13,22-24H2,(H,49,50)/t29-,30+,31+,32-,33+,34-,35+,36-,42-,43-/m1/s1. The molecule has 2 fully saturated rings. The van der Waals surface area contributed by atoms with E-state index >= 15 is 0 Å². The van der Waals surface area contributed by atoms with Crippen molar-refractivity contribution < 1.29 is 77.2 Å². The largest absolute Gasteiger partial charge is 0.479 e. The fourth-order valence-corrected chi connectivity index (χ4v) is 6.49. The van der Waals surface area contributed by atoms with Gasteiger partial charge < -0.3 is 53.2 Å². The van der Waals surface area contributed by atoms with E-state index in [1.54, 1.807) is 60.7 Å². The first-order valence-corrected chi connectivity index (χ1v) is 19.2. The van der Waals surface area contributed by atoms with Gasteiger partial charge >= 0.3 is 29.8 Å². The topological polar surface area (TPSA) is 269 Å². The molecular weight excluding hydrogens is 814 g/mol. The van der Waals surface area contributed by atoms with Crippen LogP contribution in [0.2, 0.25) is 0 Å². The maximum atomic E-state index is 14.0. The number of carboxylic acids is 1. The molecule has 0 saturated carbocycles. The molecule has 4 aromatic carbocycles. The average molecular weight is 856 g/mol. The molecule has 2 aliphatic heterocycles.